The first-order valence-corrected chi connectivity index (χ1v) is 9.41. The second kappa shape index (κ2) is 9.76. The number of nitrogens with zero attached hydrogens (tertiary/aromatic N) is 1. The van der Waals surface area contributed by atoms with Gasteiger partial charge in [0.05, 0.1) is 18.7 Å². The van der Waals surface area contributed by atoms with Gasteiger partial charge in [-0.15, -0.1) is 0 Å². The van der Waals surface area contributed by atoms with Crippen LogP contribution in [0.15, 0.2) is 77.7 Å². The summed E-state index contributed by atoms with van der Waals surface area (Å²) in [6, 6.07) is 19.8. The average molecular weight is 397 g/mol. The zero-order valence-corrected chi connectivity index (χ0v) is 16.1. The Kier molecular flexibility index (Phi) is 6.87. The first-order valence-electron chi connectivity index (χ1n) is 9.03. The Labute approximate surface area is 168 Å². The number of rotatable bonds is 8. The van der Waals surface area contributed by atoms with E-state index in [2.05, 4.69) is 5.32 Å². The van der Waals surface area contributed by atoms with Crippen LogP contribution in [-0.2, 0) is 6.54 Å². The van der Waals surface area contributed by atoms with Gasteiger partial charge in [0.1, 0.15) is 5.75 Å². The number of aromatic nitrogens is 1. The van der Waals surface area contributed by atoms with Crippen molar-refractivity contribution in [3.8, 4) is 5.75 Å². The number of hydrogen-bond donors (Lipinski definition) is 1. The summed E-state index contributed by atoms with van der Waals surface area (Å²) in [4.78, 5) is 24.5. The molecule has 0 unspecified atom stereocenters. The van der Waals surface area contributed by atoms with Gasteiger partial charge in [0.15, 0.2) is 0 Å². The molecule has 0 fully saturated rings. The fourth-order valence-electron chi connectivity index (χ4n) is 2.68. The van der Waals surface area contributed by atoms with E-state index < -0.39 is 0 Å². The topological polar surface area (TPSA) is 60.3 Å². The van der Waals surface area contributed by atoms with E-state index >= 15 is 0 Å². The number of hydrogen-bond acceptors (Lipinski definition) is 3. The third-order valence-electron chi connectivity index (χ3n) is 4.16. The van der Waals surface area contributed by atoms with Gasteiger partial charge in [-0.25, -0.2) is 0 Å². The van der Waals surface area contributed by atoms with Gasteiger partial charge >= 0.3 is 0 Å². The maximum Gasteiger partial charge on any atom is 0.252 e. The predicted molar refractivity (Wildman–Crippen MR) is 110 cm³/mol. The number of benzene rings is 2. The lowest BCUT2D eigenvalue weighted by Gasteiger charge is -2.10. The molecular weight excluding hydrogens is 376 g/mol. The lowest BCUT2D eigenvalue weighted by molar-refractivity contribution is 0.0950. The molecule has 0 saturated carbocycles. The van der Waals surface area contributed by atoms with Crippen molar-refractivity contribution in [2.45, 2.75) is 13.0 Å². The van der Waals surface area contributed by atoms with Crippen LogP contribution < -0.4 is 15.6 Å². The normalized spacial score (nSPS) is 10.5. The Morgan fingerprint density at radius 2 is 1.75 bits per heavy atom. The van der Waals surface area contributed by atoms with Gasteiger partial charge < -0.3 is 14.6 Å². The highest BCUT2D eigenvalue weighted by atomic mass is 35.5. The number of amides is 1. The summed E-state index contributed by atoms with van der Waals surface area (Å²) in [5.41, 5.74) is 1.06. The molecule has 3 rings (SSSR count). The van der Waals surface area contributed by atoms with Crippen LogP contribution in [0.2, 0.25) is 5.02 Å². The van der Waals surface area contributed by atoms with Crippen molar-refractivity contribution in [2.75, 3.05) is 13.2 Å². The number of para-hydroxylation sites is 1. The van der Waals surface area contributed by atoms with E-state index in [9.17, 15) is 9.59 Å². The zero-order valence-electron chi connectivity index (χ0n) is 15.3. The van der Waals surface area contributed by atoms with Gasteiger partial charge in [-0.1, -0.05) is 48.0 Å². The molecule has 0 saturated heterocycles. The first kappa shape index (κ1) is 19.7. The van der Waals surface area contributed by atoms with Crippen molar-refractivity contribution in [3.05, 3.63) is 99.4 Å². The highest BCUT2D eigenvalue weighted by Crippen LogP contribution is 2.15. The molecule has 28 heavy (non-hydrogen) atoms. The van der Waals surface area contributed by atoms with E-state index in [4.69, 9.17) is 16.3 Å². The van der Waals surface area contributed by atoms with Crippen molar-refractivity contribution in [2.24, 2.45) is 0 Å². The quantitative estimate of drug-likeness (QED) is 0.590. The molecule has 0 aliphatic rings. The van der Waals surface area contributed by atoms with Crippen LogP contribution in [0.4, 0.5) is 0 Å². The standard InChI is InChI=1S/C22H21ClN2O3/c23-20-10-5-4-7-17(20)15-25-16-18(11-12-21(25)26)22(27)24-13-6-14-28-19-8-2-1-3-9-19/h1-5,7-12,16H,6,13-15H2,(H,24,27). The van der Waals surface area contributed by atoms with Crippen LogP contribution >= 0.6 is 11.6 Å². The second-order valence-corrected chi connectivity index (χ2v) is 6.65. The molecule has 6 heteroatoms. The van der Waals surface area contributed by atoms with Gasteiger partial charge in [-0.3, -0.25) is 9.59 Å². The summed E-state index contributed by atoms with van der Waals surface area (Å²) in [6.07, 6.45) is 2.24. The summed E-state index contributed by atoms with van der Waals surface area (Å²) in [6.45, 7) is 1.30. The molecule has 2 aromatic carbocycles. The Hall–Kier alpha value is -3.05. The molecule has 5 nitrogen and oxygen atoms in total. The van der Waals surface area contributed by atoms with Crippen molar-refractivity contribution < 1.29 is 9.53 Å². The Morgan fingerprint density at radius 1 is 1.00 bits per heavy atom. The number of ether oxygens (including phenoxy) is 1. The maximum absolute atomic E-state index is 12.4. The Morgan fingerprint density at radius 3 is 2.54 bits per heavy atom. The van der Waals surface area contributed by atoms with Crippen molar-refractivity contribution in [3.63, 3.8) is 0 Å². The van der Waals surface area contributed by atoms with Gasteiger partial charge in [-0.05, 0) is 36.2 Å². The van der Waals surface area contributed by atoms with Crippen molar-refractivity contribution in [1.82, 2.24) is 9.88 Å². The first-order chi connectivity index (χ1) is 13.6. The maximum atomic E-state index is 12.4. The van der Waals surface area contributed by atoms with Crippen LogP contribution in [-0.4, -0.2) is 23.6 Å². The Bertz CT molecular complexity index is 986. The number of nitrogens with one attached hydrogen (secondary N) is 1. The number of halogens is 1. The molecule has 0 bridgehead atoms. The summed E-state index contributed by atoms with van der Waals surface area (Å²) in [5.74, 6) is 0.577. The largest absolute Gasteiger partial charge is 0.494 e. The minimum absolute atomic E-state index is 0.187. The summed E-state index contributed by atoms with van der Waals surface area (Å²) in [5, 5.41) is 3.43. The van der Waals surface area contributed by atoms with E-state index in [-0.39, 0.29) is 11.5 Å². The smallest absolute Gasteiger partial charge is 0.252 e. The van der Waals surface area contributed by atoms with E-state index in [1.807, 2.05) is 48.5 Å². The zero-order chi connectivity index (χ0) is 19.8. The lowest BCUT2D eigenvalue weighted by atomic mass is 10.2. The minimum Gasteiger partial charge on any atom is -0.494 e. The average Bonchev–Trinajstić information content (AvgIpc) is 2.71. The predicted octanol–water partition coefficient (Wildman–Crippen LogP) is 3.75. The number of carbonyl (C=O) groups excluding carboxylic acids is 1. The molecular formula is C22H21ClN2O3. The molecule has 3 aromatic rings. The molecule has 0 radical (unpaired) electrons. The minimum atomic E-state index is -0.229. The lowest BCUT2D eigenvalue weighted by Crippen LogP contribution is -2.28. The molecule has 1 N–H and O–H groups in total. The van der Waals surface area contributed by atoms with Gasteiger partial charge in [0.25, 0.3) is 11.5 Å². The molecule has 144 valence electrons. The molecule has 0 spiro atoms. The third kappa shape index (κ3) is 5.47. The SMILES string of the molecule is O=C(NCCCOc1ccccc1)c1ccc(=O)n(Cc2ccccc2Cl)c1. The highest BCUT2D eigenvalue weighted by Gasteiger charge is 2.09. The molecule has 0 aliphatic carbocycles. The van der Waals surface area contributed by atoms with Crippen LogP contribution in [0.25, 0.3) is 0 Å². The second-order valence-electron chi connectivity index (χ2n) is 6.25. The molecule has 1 aromatic heterocycles. The Balaban J connectivity index is 1.54. The van der Waals surface area contributed by atoms with Crippen LogP contribution in [0.3, 0.4) is 0 Å². The van der Waals surface area contributed by atoms with Crippen LogP contribution in [0, 0.1) is 0 Å². The monoisotopic (exact) mass is 396 g/mol. The van der Waals surface area contributed by atoms with Gasteiger partial charge in [-0.2, -0.15) is 0 Å². The third-order valence-corrected chi connectivity index (χ3v) is 4.53. The van der Waals surface area contributed by atoms with E-state index in [0.29, 0.717) is 36.7 Å². The van der Waals surface area contributed by atoms with Crippen LogP contribution in [0.5, 0.6) is 5.75 Å². The molecule has 0 atom stereocenters. The number of pyridine rings is 1. The fourth-order valence-corrected chi connectivity index (χ4v) is 2.88. The van der Waals surface area contributed by atoms with Gasteiger partial charge in [0.2, 0.25) is 0 Å². The fraction of sp³-hybridized carbons (Fsp3) is 0.182. The van der Waals surface area contributed by atoms with Crippen LogP contribution in [0.1, 0.15) is 22.3 Å². The van der Waals surface area contributed by atoms with E-state index in [1.54, 1.807) is 12.3 Å². The summed E-state index contributed by atoms with van der Waals surface area (Å²) in [7, 11) is 0. The van der Waals surface area contributed by atoms with E-state index in [1.165, 1.54) is 16.7 Å². The molecule has 0 aliphatic heterocycles. The van der Waals surface area contributed by atoms with Crippen molar-refractivity contribution >= 4 is 17.5 Å². The van der Waals surface area contributed by atoms with E-state index in [0.717, 1.165) is 11.3 Å². The van der Waals surface area contributed by atoms with Crippen molar-refractivity contribution in [1.29, 1.82) is 0 Å². The number of carbonyl (C=O) groups is 1. The summed E-state index contributed by atoms with van der Waals surface area (Å²) >= 11 is 6.16. The summed E-state index contributed by atoms with van der Waals surface area (Å²) < 4.78 is 7.08. The molecule has 1 amide bonds. The van der Waals surface area contributed by atoms with Gasteiger partial charge in [0, 0.05) is 23.8 Å². The molecule has 1 heterocycles. The highest BCUT2D eigenvalue weighted by molar-refractivity contribution is 6.31.